The summed E-state index contributed by atoms with van der Waals surface area (Å²) in [5.74, 6) is -5.31. The minimum atomic E-state index is -0.681. The Bertz CT molecular complexity index is 5020. The van der Waals surface area contributed by atoms with E-state index in [-0.39, 0.29) is 145 Å². The van der Waals surface area contributed by atoms with E-state index >= 15 is 28.8 Å². The zero-order chi connectivity index (χ0) is 89.7. The fourth-order valence-corrected chi connectivity index (χ4v) is 12.1. The van der Waals surface area contributed by atoms with Gasteiger partial charge >= 0.3 is 35.8 Å². The first-order valence-corrected chi connectivity index (χ1v) is 39.2. The van der Waals surface area contributed by atoms with Gasteiger partial charge in [-0.1, -0.05) is 149 Å². The molecule has 636 valence electrons. The van der Waals surface area contributed by atoms with Gasteiger partial charge in [-0.2, -0.15) is 0 Å². The van der Waals surface area contributed by atoms with E-state index in [9.17, 15) is 28.8 Å². The molecule has 0 saturated heterocycles. The van der Waals surface area contributed by atoms with Gasteiger partial charge in [-0.3, -0.25) is 28.8 Å². The van der Waals surface area contributed by atoms with Gasteiger partial charge in [0.05, 0.1) is 0 Å². The van der Waals surface area contributed by atoms with Crippen molar-refractivity contribution in [2.75, 3.05) is 79.3 Å². The minimum Gasteiger partial charge on any atom is -0.490 e. The second-order valence-corrected chi connectivity index (χ2v) is 26.8. The van der Waals surface area contributed by atoms with Crippen LogP contribution in [0.4, 0.5) is 0 Å². The normalized spacial score (nSPS) is 11.1. The van der Waals surface area contributed by atoms with Crippen molar-refractivity contribution in [3.05, 3.63) is 361 Å². The van der Waals surface area contributed by atoms with Gasteiger partial charge in [0.2, 0.25) is 0 Å². The third-order valence-corrected chi connectivity index (χ3v) is 18.4. The molecule has 0 N–H and O–H groups in total. The molecule has 24 heteroatoms. The lowest BCUT2D eigenvalue weighted by Crippen LogP contribution is -2.10. The van der Waals surface area contributed by atoms with Crippen LogP contribution in [0.5, 0.6) is 34.5 Å². The summed E-state index contributed by atoms with van der Waals surface area (Å²) < 4.78 is 64.9. The SMILES string of the molecule is C=CC(=O)OCCOc1ccc(/C=C/C(=O)c2cc3c4cc(C(=O)/C=C/c5ccc(OCCOC(=O)C=C)cc5)c(C(=O)/C=C/c5ccc(OCCOC(=O)C=C)cc5)cc4c4cc(C(=O)/C=C/c5ccc(OCCOC(=O)C=C)cc5)c(C(=O)/C=C/c5ccc(OCCOC(=O)C=C)cc5)cc4c3cc2C(=O)/C=C/c2ccc(OCCOC(=O)C=C)cc2)cc1. The molecule has 0 fully saturated rings. The molecule has 126 heavy (non-hydrogen) atoms. The first kappa shape index (κ1) is 91.8. The summed E-state index contributed by atoms with van der Waals surface area (Å²) in [4.78, 5) is 163. The average molecular weight is 1690 g/mol. The number of allylic oxidation sites excluding steroid dienone is 6. The number of fused-ring (bicyclic) bond motifs is 6. The Balaban J connectivity index is 1.19. The van der Waals surface area contributed by atoms with E-state index in [1.807, 2.05) is 0 Å². The summed E-state index contributed by atoms with van der Waals surface area (Å²) in [6.45, 7) is 20.2. The van der Waals surface area contributed by atoms with Gasteiger partial charge < -0.3 is 56.8 Å². The van der Waals surface area contributed by atoms with E-state index in [4.69, 9.17) is 56.8 Å². The van der Waals surface area contributed by atoms with E-state index < -0.39 is 70.5 Å². The topological polar surface area (TPSA) is 316 Å². The molecule has 0 saturated carbocycles. The fraction of sp³-hybridized carbons (Fsp3) is 0.118. The van der Waals surface area contributed by atoms with Crippen molar-refractivity contribution >= 4 is 139 Å². The van der Waals surface area contributed by atoms with Crippen molar-refractivity contribution in [2.45, 2.75) is 0 Å². The molecule has 10 rings (SSSR count). The molecule has 0 aliphatic carbocycles. The Morgan fingerprint density at radius 3 is 0.437 bits per heavy atom. The third-order valence-electron chi connectivity index (χ3n) is 18.4. The summed E-state index contributed by atoms with van der Waals surface area (Å²) >= 11 is 0. The Labute approximate surface area is 724 Å². The highest BCUT2D eigenvalue weighted by atomic mass is 16.6. The quantitative estimate of drug-likeness (QED) is 0.00854. The number of carbonyl (C=O) groups excluding carboxylic acids is 12. The molecule has 0 aliphatic rings. The van der Waals surface area contributed by atoms with Gasteiger partial charge in [0.15, 0.2) is 34.7 Å². The molecular weight excluding hydrogens is 1610 g/mol. The Morgan fingerprint density at radius 1 is 0.190 bits per heavy atom. The largest absolute Gasteiger partial charge is 0.490 e. The van der Waals surface area contributed by atoms with Crippen LogP contribution in [-0.4, -0.2) is 150 Å². The molecular formula is C102H84O24. The van der Waals surface area contributed by atoms with Gasteiger partial charge in [0.1, 0.15) is 114 Å². The average Bonchev–Trinajstić information content (AvgIpc) is 0.716. The van der Waals surface area contributed by atoms with Crippen molar-refractivity contribution in [3.63, 3.8) is 0 Å². The number of ketones is 6. The highest BCUT2D eigenvalue weighted by Gasteiger charge is 2.26. The van der Waals surface area contributed by atoms with E-state index in [0.717, 1.165) is 36.5 Å². The third kappa shape index (κ3) is 27.3. The zero-order valence-corrected chi connectivity index (χ0v) is 68.2. The molecule has 0 amide bonds. The van der Waals surface area contributed by atoms with Crippen LogP contribution in [0.3, 0.4) is 0 Å². The molecule has 0 aromatic heterocycles. The summed E-state index contributed by atoms with van der Waals surface area (Å²) in [6.07, 6.45) is 23.0. The highest BCUT2D eigenvalue weighted by molar-refractivity contribution is 6.33. The highest BCUT2D eigenvalue weighted by Crippen LogP contribution is 2.41. The summed E-state index contributed by atoms with van der Waals surface area (Å²) in [5.41, 5.74) is 2.27. The summed E-state index contributed by atoms with van der Waals surface area (Å²) in [7, 11) is 0. The number of ether oxygens (including phenoxy) is 12. The van der Waals surface area contributed by atoms with Crippen molar-refractivity contribution < 1.29 is 114 Å². The predicted octanol–water partition coefficient (Wildman–Crippen LogP) is 17.2. The van der Waals surface area contributed by atoms with E-state index in [2.05, 4.69) is 39.5 Å². The number of carbonyl (C=O) groups is 12. The van der Waals surface area contributed by atoms with Gasteiger partial charge in [-0.25, -0.2) is 28.8 Å². The molecule has 0 unspecified atom stereocenters. The molecule has 0 radical (unpaired) electrons. The molecule has 0 bridgehead atoms. The summed E-state index contributed by atoms with van der Waals surface area (Å²) in [5, 5.41) is 1.38. The van der Waals surface area contributed by atoms with Crippen LogP contribution >= 0.6 is 0 Å². The Hall–Kier alpha value is -16.5. The van der Waals surface area contributed by atoms with Gasteiger partial charge in [-0.15, -0.1) is 0 Å². The van der Waals surface area contributed by atoms with Gasteiger partial charge in [0, 0.05) is 69.8 Å². The molecule has 0 aliphatic heterocycles. The molecule has 0 heterocycles. The van der Waals surface area contributed by atoms with Gasteiger partial charge in [0.25, 0.3) is 0 Å². The van der Waals surface area contributed by atoms with Crippen LogP contribution in [-0.2, 0) is 57.2 Å². The maximum atomic E-state index is 15.5. The van der Waals surface area contributed by atoms with Crippen molar-refractivity contribution in [1.29, 1.82) is 0 Å². The van der Waals surface area contributed by atoms with E-state index in [1.54, 1.807) is 146 Å². The minimum absolute atomic E-state index is 0.0229. The van der Waals surface area contributed by atoms with Crippen LogP contribution in [0.25, 0.3) is 68.8 Å². The first-order valence-electron chi connectivity index (χ1n) is 39.2. The van der Waals surface area contributed by atoms with Crippen LogP contribution in [0, 0.1) is 0 Å². The van der Waals surface area contributed by atoms with Crippen molar-refractivity contribution in [2.24, 2.45) is 0 Å². The van der Waals surface area contributed by atoms with E-state index in [0.29, 0.717) is 67.9 Å². The Morgan fingerprint density at radius 2 is 0.317 bits per heavy atom. The monoisotopic (exact) mass is 1690 g/mol. The zero-order valence-electron chi connectivity index (χ0n) is 68.2. The second-order valence-electron chi connectivity index (χ2n) is 26.8. The fourth-order valence-electron chi connectivity index (χ4n) is 12.1. The number of esters is 6. The van der Waals surface area contributed by atoms with E-state index in [1.165, 1.54) is 109 Å². The smallest absolute Gasteiger partial charge is 0.330 e. The Kier molecular flexibility index (Phi) is 34.2. The lowest BCUT2D eigenvalue weighted by molar-refractivity contribution is -0.139. The maximum absolute atomic E-state index is 15.5. The number of hydrogen-bond acceptors (Lipinski definition) is 24. The molecule has 0 spiro atoms. The standard InChI is InChI=1S/C102H84O24/c1-7-97(109)121-55-49-115-73-31-13-67(14-32-73)25-43-91(103)85-61-79-80(62-86(85)92(104)44-26-68-15-33-74(34-16-68)116-50-56-122-98(110)8-2)82-64-88(94(106)46-28-70-19-37-76(38-20-70)118-52-58-124-100(112)10-4)90(96(108)48-30-72-23-41-78(42-24-72)120-54-60-126-102(114)12-6)66-84(82)83-65-89(95(107)47-29-71-21-39-77(40-22-71)119-53-59-125-101(113)11-5)87(63-81(79)83)93(105)45-27-69-17-35-75(36-18-69)117-51-57-123-99(111)9-3/h7-48,61-66H,1-6,49-60H2/b43-25+,44-26+,45-27+,46-28+,47-29+,48-30+. The molecule has 10 aromatic carbocycles. The molecule has 10 aromatic rings. The second kappa shape index (κ2) is 46.9. The lowest BCUT2D eigenvalue weighted by Gasteiger charge is -2.18. The summed E-state index contributed by atoms with van der Waals surface area (Å²) in [6, 6.07) is 48.7. The van der Waals surface area contributed by atoms with Crippen molar-refractivity contribution in [3.8, 4) is 34.5 Å². The van der Waals surface area contributed by atoms with Crippen LogP contribution in [0.1, 0.15) is 95.5 Å². The van der Waals surface area contributed by atoms with Crippen molar-refractivity contribution in [1.82, 2.24) is 0 Å². The maximum Gasteiger partial charge on any atom is 0.330 e. The first-order chi connectivity index (χ1) is 61.1. The predicted molar refractivity (Wildman–Crippen MR) is 478 cm³/mol. The number of rotatable bonds is 48. The molecule has 0 atom stereocenters. The lowest BCUT2D eigenvalue weighted by atomic mass is 9.84. The molecule has 24 nitrogen and oxygen atoms in total. The van der Waals surface area contributed by atoms with Crippen LogP contribution in [0.2, 0.25) is 0 Å². The van der Waals surface area contributed by atoms with Crippen LogP contribution in [0.15, 0.2) is 294 Å². The van der Waals surface area contributed by atoms with Crippen LogP contribution < -0.4 is 28.4 Å². The number of benzene rings is 10. The number of hydrogen-bond donors (Lipinski definition) is 0. The van der Waals surface area contributed by atoms with Gasteiger partial charge in [-0.05, 0) is 211 Å².